The second-order valence-corrected chi connectivity index (χ2v) is 7.59. The van der Waals surface area contributed by atoms with Crippen molar-refractivity contribution in [3.8, 4) is 5.75 Å². The summed E-state index contributed by atoms with van der Waals surface area (Å²) in [5.74, 6) is 1.22. The number of benzene rings is 2. The zero-order chi connectivity index (χ0) is 21.7. The number of hydrogen-bond donors (Lipinski definition) is 1. The van der Waals surface area contributed by atoms with E-state index in [1.54, 1.807) is 7.11 Å². The number of methoxy groups -OCH3 is 1. The van der Waals surface area contributed by atoms with Gasteiger partial charge in [0.05, 0.1) is 28.5 Å². The van der Waals surface area contributed by atoms with E-state index in [2.05, 4.69) is 15.5 Å². The second-order valence-electron chi connectivity index (χ2n) is 6.24. The zero-order valence-corrected chi connectivity index (χ0v) is 17.7. The first-order chi connectivity index (χ1) is 14.4. The van der Waals surface area contributed by atoms with E-state index in [0.29, 0.717) is 11.6 Å². The van der Waals surface area contributed by atoms with Gasteiger partial charge in [-0.15, -0.1) is 10.2 Å². The average Bonchev–Trinajstić information content (AvgIpc) is 3.08. The third-order valence-electron chi connectivity index (χ3n) is 4.21. The van der Waals surface area contributed by atoms with Crippen molar-refractivity contribution in [3.63, 3.8) is 0 Å². The minimum atomic E-state index is -0.551. The van der Waals surface area contributed by atoms with Crippen molar-refractivity contribution in [2.24, 2.45) is 7.05 Å². The number of carbonyl (C=O) groups excluding carboxylic acids is 1. The summed E-state index contributed by atoms with van der Waals surface area (Å²) in [5.41, 5.74) is 1.09. The van der Waals surface area contributed by atoms with Crippen LogP contribution in [0.5, 0.6) is 5.75 Å². The number of hydrogen-bond acceptors (Lipinski definition) is 7. The number of nitrogens with zero attached hydrogens (tertiary/aromatic N) is 4. The number of amides is 1. The van der Waals surface area contributed by atoms with Crippen molar-refractivity contribution >= 4 is 40.6 Å². The lowest BCUT2D eigenvalue weighted by atomic mass is 10.1. The fourth-order valence-electron chi connectivity index (χ4n) is 2.59. The van der Waals surface area contributed by atoms with Crippen molar-refractivity contribution in [3.05, 3.63) is 69.0 Å². The molecule has 1 N–H and O–H groups in total. The molecule has 0 fully saturated rings. The normalized spacial score (nSPS) is 10.6. The van der Waals surface area contributed by atoms with E-state index >= 15 is 0 Å². The zero-order valence-electron chi connectivity index (χ0n) is 16.2. The van der Waals surface area contributed by atoms with Crippen LogP contribution < -0.4 is 10.1 Å². The maximum absolute atomic E-state index is 12.3. The van der Waals surface area contributed by atoms with Crippen LogP contribution in [0.15, 0.2) is 47.6 Å². The largest absolute Gasteiger partial charge is 0.497 e. The fraction of sp³-hybridized carbons (Fsp3) is 0.211. The maximum Gasteiger partial charge on any atom is 0.271 e. The molecule has 156 valence electrons. The maximum atomic E-state index is 12.3. The van der Waals surface area contributed by atoms with Crippen molar-refractivity contribution in [1.82, 2.24) is 14.8 Å². The number of non-ortho nitro benzene ring substituents is 1. The van der Waals surface area contributed by atoms with E-state index in [1.165, 1.54) is 30.0 Å². The van der Waals surface area contributed by atoms with Gasteiger partial charge in [-0.1, -0.05) is 35.5 Å². The summed E-state index contributed by atoms with van der Waals surface area (Å²) in [4.78, 5) is 22.6. The number of nitrogens with one attached hydrogen (secondary N) is 1. The minimum absolute atomic E-state index is 0.0491. The van der Waals surface area contributed by atoms with Gasteiger partial charge in [-0.05, 0) is 23.8 Å². The van der Waals surface area contributed by atoms with Crippen LogP contribution in [0.25, 0.3) is 0 Å². The van der Waals surface area contributed by atoms with Gasteiger partial charge in [0.15, 0.2) is 5.16 Å². The Balaban J connectivity index is 1.60. The van der Waals surface area contributed by atoms with Crippen LogP contribution in [-0.4, -0.2) is 38.5 Å². The van der Waals surface area contributed by atoms with Gasteiger partial charge in [0.25, 0.3) is 5.69 Å². The number of nitro groups is 1. The molecule has 30 heavy (non-hydrogen) atoms. The van der Waals surface area contributed by atoms with Gasteiger partial charge in [-0.25, -0.2) is 0 Å². The van der Waals surface area contributed by atoms with Crippen LogP contribution >= 0.6 is 23.4 Å². The molecule has 3 rings (SSSR count). The van der Waals surface area contributed by atoms with E-state index in [9.17, 15) is 14.9 Å². The highest BCUT2D eigenvalue weighted by atomic mass is 35.5. The van der Waals surface area contributed by atoms with Gasteiger partial charge in [-0.2, -0.15) is 0 Å². The van der Waals surface area contributed by atoms with Crippen LogP contribution in [0.2, 0.25) is 5.02 Å². The number of anilines is 1. The highest BCUT2D eigenvalue weighted by Gasteiger charge is 2.15. The molecule has 1 amide bonds. The lowest BCUT2D eigenvalue weighted by Gasteiger charge is -2.07. The Labute approximate surface area is 181 Å². The first-order valence-corrected chi connectivity index (χ1v) is 10.1. The average molecular weight is 448 g/mol. The van der Waals surface area contributed by atoms with Gasteiger partial charge in [-0.3, -0.25) is 14.9 Å². The number of nitro benzene ring substituents is 1. The minimum Gasteiger partial charge on any atom is -0.497 e. The molecule has 9 nitrogen and oxygen atoms in total. The number of thioether (sulfide) groups is 1. The molecule has 0 radical (unpaired) electrons. The van der Waals surface area contributed by atoms with Crippen molar-refractivity contribution in [2.75, 3.05) is 18.2 Å². The molecule has 0 saturated carbocycles. The summed E-state index contributed by atoms with van der Waals surface area (Å²) in [6, 6.07) is 11.5. The Kier molecular flexibility index (Phi) is 6.91. The molecule has 0 bridgehead atoms. The SMILES string of the molecule is COc1ccc(Cc2nnc(SCC(=O)Nc3cc([N+](=O)[O-])ccc3Cl)n2C)cc1. The van der Waals surface area contributed by atoms with Gasteiger partial charge in [0, 0.05) is 25.6 Å². The predicted molar refractivity (Wildman–Crippen MR) is 114 cm³/mol. The molecule has 0 saturated heterocycles. The number of aromatic nitrogens is 3. The highest BCUT2D eigenvalue weighted by molar-refractivity contribution is 7.99. The monoisotopic (exact) mass is 447 g/mol. The number of carbonyl (C=O) groups is 1. The Morgan fingerprint density at radius 3 is 2.67 bits per heavy atom. The van der Waals surface area contributed by atoms with Gasteiger partial charge in [0.2, 0.25) is 5.91 Å². The molecule has 0 atom stereocenters. The third kappa shape index (κ3) is 5.28. The second kappa shape index (κ2) is 9.59. The summed E-state index contributed by atoms with van der Waals surface area (Å²) in [6.07, 6.45) is 0.587. The molecule has 1 heterocycles. The lowest BCUT2D eigenvalue weighted by molar-refractivity contribution is -0.384. The van der Waals surface area contributed by atoms with Crippen molar-refractivity contribution < 1.29 is 14.5 Å². The fourth-order valence-corrected chi connectivity index (χ4v) is 3.48. The van der Waals surface area contributed by atoms with Crippen LogP contribution in [0.4, 0.5) is 11.4 Å². The predicted octanol–water partition coefficient (Wildman–Crippen LogP) is 3.71. The van der Waals surface area contributed by atoms with Crippen LogP contribution in [0, 0.1) is 10.1 Å². The van der Waals surface area contributed by atoms with Crippen LogP contribution in [-0.2, 0) is 18.3 Å². The smallest absolute Gasteiger partial charge is 0.271 e. The Morgan fingerprint density at radius 1 is 1.27 bits per heavy atom. The summed E-state index contributed by atoms with van der Waals surface area (Å²) in [6.45, 7) is 0. The van der Waals surface area contributed by atoms with Gasteiger partial charge in [0.1, 0.15) is 11.6 Å². The number of rotatable bonds is 8. The summed E-state index contributed by atoms with van der Waals surface area (Å²) < 4.78 is 6.98. The molecule has 0 spiro atoms. The van der Waals surface area contributed by atoms with E-state index in [-0.39, 0.29) is 28.1 Å². The highest BCUT2D eigenvalue weighted by Crippen LogP contribution is 2.27. The van der Waals surface area contributed by atoms with E-state index in [0.717, 1.165) is 17.1 Å². The Morgan fingerprint density at radius 2 is 2.00 bits per heavy atom. The molecular formula is C19H18ClN5O4S. The van der Waals surface area contributed by atoms with Gasteiger partial charge >= 0.3 is 0 Å². The third-order valence-corrected chi connectivity index (χ3v) is 5.56. The summed E-state index contributed by atoms with van der Waals surface area (Å²) >= 11 is 7.22. The molecular weight excluding hydrogens is 430 g/mol. The first kappa shape index (κ1) is 21.6. The van der Waals surface area contributed by atoms with Crippen molar-refractivity contribution in [1.29, 1.82) is 0 Å². The van der Waals surface area contributed by atoms with Crippen molar-refractivity contribution in [2.45, 2.75) is 11.6 Å². The molecule has 3 aromatic rings. The summed E-state index contributed by atoms with van der Waals surface area (Å²) in [5, 5.41) is 22.6. The molecule has 1 aromatic heterocycles. The molecule has 2 aromatic carbocycles. The molecule has 0 unspecified atom stereocenters. The number of ether oxygens (including phenoxy) is 1. The Bertz CT molecular complexity index is 1070. The molecule has 0 aliphatic heterocycles. The first-order valence-electron chi connectivity index (χ1n) is 8.75. The Hall–Kier alpha value is -3.11. The lowest BCUT2D eigenvalue weighted by Crippen LogP contribution is -2.15. The molecule has 0 aliphatic carbocycles. The number of halogens is 1. The van der Waals surface area contributed by atoms with Crippen LogP contribution in [0.3, 0.4) is 0 Å². The quantitative estimate of drug-likeness (QED) is 0.318. The molecule has 0 aliphatic rings. The van der Waals surface area contributed by atoms with E-state index in [1.807, 2.05) is 35.9 Å². The topological polar surface area (TPSA) is 112 Å². The summed E-state index contributed by atoms with van der Waals surface area (Å²) in [7, 11) is 3.45. The van der Waals surface area contributed by atoms with E-state index in [4.69, 9.17) is 16.3 Å². The van der Waals surface area contributed by atoms with E-state index < -0.39 is 4.92 Å². The van der Waals surface area contributed by atoms with Gasteiger partial charge < -0.3 is 14.6 Å². The van der Waals surface area contributed by atoms with Crippen LogP contribution in [0.1, 0.15) is 11.4 Å². The standard InChI is InChI=1S/C19H18ClN5O4S/c1-24-17(9-12-3-6-14(29-2)7-4-12)22-23-19(24)30-11-18(26)21-16-10-13(25(27)28)5-8-15(16)20/h3-8,10H,9,11H2,1-2H3,(H,21,26). The molecule has 11 heteroatoms.